The van der Waals surface area contributed by atoms with Gasteiger partial charge in [-0.2, -0.15) is 11.8 Å². The van der Waals surface area contributed by atoms with Gasteiger partial charge in [-0.25, -0.2) is 0 Å². The Hall–Kier alpha value is 0.335. The zero-order valence-electron chi connectivity index (χ0n) is 64.8. The molecule has 0 spiro atoms. The van der Waals surface area contributed by atoms with Gasteiger partial charge in [-0.3, -0.25) is 9.80 Å². The van der Waals surface area contributed by atoms with E-state index < -0.39 is 0 Å². The van der Waals surface area contributed by atoms with Crippen molar-refractivity contribution in [2.45, 2.75) is 407 Å². The maximum atomic E-state index is 3.88. The summed E-state index contributed by atoms with van der Waals surface area (Å²) in [4.78, 5) is 7.44. The van der Waals surface area contributed by atoms with E-state index in [-0.39, 0.29) is 0 Å². The molecule has 528 valence electrons. The third kappa shape index (κ3) is 13.0. The third-order valence-electron chi connectivity index (χ3n) is 35.1. The van der Waals surface area contributed by atoms with E-state index in [1.807, 2.05) is 0 Å². The SMILES string of the molecule is CC(C)(C)CC1CC2S[C@@H]3CC[C@H]([C@H]4C[C@H]5C[C@@H](C(C)(C)C)CC6CCC7CC(C(C)(C)C)CC4C7C65)CC3B3C4CC[C@H](N5C6CCC(C(C)(C)C)C[C@H]6C6C[C@@H](C(C)(C)C)CC[C@H]65)CC4N(C4C(C5CCCCC5)CC(C(C)(C)C)CC4C4CCCCC4)C(C1)[C@@H]32. The molecule has 0 N–H and O–H groups in total. The van der Waals surface area contributed by atoms with E-state index in [0.717, 1.165) is 189 Å². The van der Waals surface area contributed by atoms with Gasteiger partial charge in [0, 0.05) is 46.8 Å². The lowest BCUT2D eigenvalue weighted by atomic mass is 9.20. The van der Waals surface area contributed by atoms with Gasteiger partial charge in [0.1, 0.15) is 0 Å². The fourth-order valence-electron chi connectivity index (χ4n) is 30.9. The lowest BCUT2D eigenvalue weighted by molar-refractivity contribution is -0.151. The maximum absolute atomic E-state index is 3.88. The highest BCUT2D eigenvalue weighted by atomic mass is 32.2. The van der Waals surface area contributed by atoms with E-state index in [0.29, 0.717) is 32.5 Å². The monoisotopic (exact) mass is 1290 g/mol. The molecule has 0 aromatic heterocycles. The zero-order valence-corrected chi connectivity index (χ0v) is 65.6. The summed E-state index contributed by atoms with van der Waals surface area (Å²) < 4.78 is 0. The van der Waals surface area contributed by atoms with Gasteiger partial charge in [0.05, 0.1) is 0 Å². The summed E-state index contributed by atoms with van der Waals surface area (Å²) in [5.41, 5.74) is 2.53. The fraction of sp³-hybridized carbons (Fsp3) is 1.00. The summed E-state index contributed by atoms with van der Waals surface area (Å²) in [5.74, 6) is 22.0. The van der Waals surface area contributed by atoms with Crippen LogP contribution in [-0.4, -0.2) is 63.3 Å². The van der Waals surface area contributed by atoms with Crippen LogP contribution in [0.3, 0.4) is 0 Å². The number of rotatable bonds is 6. The molecule has 0 aromatic rings. The van der Waals surface area contributed by atoms with Crippen LogP contribution in [0, 0.1) is 151 Å². The van der Waals surface area contributed by atoms with Crippen LogP contribution in [0.15, 0.2) is 0 Å². The standard InChI is InChI=1S/C89H153BN2S/c1-84(2,3)52-53-39-77-82-79(40-53)93-78-38-31-56(66-44-59-43-62(87(10,11)12)41-57-29-30-58-42-63(88(13,14)15)50-71(66)81(58)80(57)59)45-73(78)90(82)72-35-34-65(91-74-36-32-60(85(4,5)6)46-69(74)70-47-61(86(7,8)9)33-37-75(70)91)51-76(72)92(77)83-67(54-25-21-19-22-26-54)48-64(89(16,17)18)49-68(83)55-27-23-20-24-28-55/h53-83H,19-52H2,1-18H3/t53?,56-,57?,58?,59+,60-,61?,62-,63?,64?,65-,66+,67?,68?,69?,70-,71?,72?,73?,74+,75?,76?,77?,78+,79?,80?,81?,82+,83?/m0/s1. The van der Waals surface area contributed by atoms with Crippen LogP contribution in [0.4, 0.5) is 0 Å². The van der Waals surface area contributed by atoms with E-state index in [1.165, 1.54) is 83.5 Å². The first-order valence-electron chi connectivity index (χ1n) is 43.1. The summed E-state index contributed by atoms with van der Waals surface area (Å²) >= 11 is 2.76. The Morgan fingerprint density at radius 1 is 0.312 bits per heavy atom. The van der Waals surface area contributed by atoms with Crippen LogP contribution in [0.1, 0.15) is 343 Å². The van der Waals surface area contributed by atoms with Crippen molar-refractivity contribution in [2.75, 3.05) is 0 Å². The molecule has 3 heterocycles. The minimum atomic E-state index is 0.391. The van der Waals surface area contributed by atoms with E-state index in [4.69, 9.17) is 0 Å². The van der Waals surface area contributed by atoms with Crippen molar-refractivity contribution in [1.29, 1.82) is 0 Å². The van der Waals surface area contributed by atoms with E-state index in [2.05, 4.69) is 146 Å². The molecule has 15 rings (SSSR count). The van der Waals surface area contributed by atoms with Gasteiger partial charge in [0.15, 0.2) is 6.71 Å². The van der Waals surface area contributed by atoms with E-state index in [1.54, 1.807) is 135 Å². The minimum absolute atomic E-state index is 0.391. The van der Waals surface area contributed by atoms with Gasteiger partial charge < -0.3 is 0 Å². The van der Waals surface area contributed by atoms with Crippen molar-refractivity contribution in [3.8, 4) is 0 Å². The molecule has 0 aromatic carbocycles. The zero-order chi connectivity index (χ0) is 65.4. The Bertz CT molecular complexity index is 2470. The summed E-state index contributed by atoms with van der Waals surface area (Å²) in [6.45, 7) is 49.0. The summed E-state index contributed by atoms with van der Waals surface area (Å²) in [7, 11) is 0. The molecule has 12 aliphatic carbocycles. The smallest absolute Gasteiger partial charge is 0.155 e. The predicted octanol–water partition coefficient (Wildman–Crippen LogP) is 24.9. The molecule has 15 fully saturated rings. The average Bonchev–Trinajstić information content (AvgIpc) is 0.791. The second-order valence-electron chi connectivity index (χ2n) is 45.9. The van der Waals surface area contributed by atoms with Crippen molar-refractivity contribution < 1.29 is 0 Å². The first kappa shape index (κ1) is 69.1. The second kappa shape index (κ2) is 25.6. The van der Waals surface area contributed by atoms with Gasteiger partial charge >= 0.3 is 0 Å². The quantitative estimate of drug-likeness (QED) is 0.245. The summed E-state index contributed by atoms with van der Waals surface area (Å²) in [5, 5.41) is 1.81. The van der Waals surface area contributed by atoms with Crippen molar-refractivity contribution in [3.05, 3.63) is 0 Å². The number of fused-ring (bicyclic) bond motifs is 7. The van der Waals surface area contributed by atoms with Crippen molar-refractivity contribution in [3.63, 3.8) is 0 Å². The van der Waals surface area contributed by atoms with Gasteiger partial charge in [-0.15, -0.1) is 0 Å². The Labute approximate surface area is 582 Å². The molecule has 0 bridgehead atoms. The van der Waals surface area contributed by atoms with E-state index >= 15 is 0 Å². The van der Waals surface area contributed by atoms with Crippen LogP contribution >= 0.6 is 11.8 Å². The Kier molecular flexibility index (Phi) is 19.0. The third-order valence-corrected chi connectivity index (χ3v) is 36.9. The molecular formula is C89H153BN2S. The van der Waals surface area contributed by atoms with Crippen LogP contribution in [0.2, 0.25) is 17.5 Å². The highest BCUT2D eigenvalue weighted by Crippen LogP contribution is 2.72. The lowest BCUT2D eigenvalue weighted by Gasteiger charge is -2.69. The molecule has 3 saturated heterocycles. The van der Waals surface area contributed by atoms with Gasteiger partial charge in [-0.1, -0.05) is 202 Å². The van der Waals surface area contributed by atoms with Crippen molar-refractivity contribution >= 4 is 18.5 Å². The molecule has 0 amide bonds. The van der Waals surface area contributed by atoms with Crippen LogP contribution < -0.4 is 0 Å². The maximum Gasteiger partial charge on any atom is 0.155 e. The number of likely N-dealkylation sites (tertiary alicyclic amines) is 1. The van der Waals surface area contributed by atoms with Crippen molar-refractivity contribution in [2.24, 2.45) is 151 Å². The molecule has 3 aliphatic heterocycles. The average molecular weight is 1290 g/mol. The fourth-order valence-corrected chi connectivity index (χ4v) is 33.1. The number of thioether (sulfide) groups is 1. The number of hydrogen-bond donors (Lipinski definition) is 0. The van der Waals surface area contributed by atoms with Crippen LogP contribution in [0.25, 0.3) is 0 Å². The normalized spacial score (nSPS) is 49.0. The topological polar surface area (TPSA) is 6.48 Å². The van der Waals surface area contributed by atoms with E-state index in [9.17, 15) is 0 Å². The molecule has 0 radical (unpaired) electrons. The Morgan fingerprint density at radius 2 is 0.806 bits per heavy atom. The van der Waals surface area contributed by atoms with Crippen LogP contribution in [0.5, 0.6) is 0 Å². The molecule has 17 unspecified atom stereocenters. The van der Waals surface area contributed by atoms with Gasteiger partial charge in [0.2, 0.25) is 0 Å². The first-order chi connectivity index (χ1) is 43.9. The summed E-state index contributed by atoms with van der Waals surface area (Å²) in [6.07, 6.45) is 52.6. The minimum Gasteiger partial charge on any atom is -0.295 e. The van der Waals surface area contributed by atoms with Crippen LogP contribution in [-0.2, 0) is 0 Å². The highest BCUT2D eigenvalue weighted by Gasteiger charge is 2.68. The lowest BCUT2D eigenvalue weighted by Crippen LogP contribution is -2.72. The molecule has 4 heteroatoms. The van der Waals surface area contributed by atoms with Gasteiger partial charge in [-0.05, 0) is 310 Å². The Morgan fingerprint density at radius 3 is 1.35 bits per heavy atom. The largest absolute Gasteiger partial charge is 0.295 e. The highest BCUT2D eigenvalue weighted by molar-refractivity contribution is 8.00. The molecule has 15 aliphatic rings. The predicted molar refractivity (Wildman–Crippen MR) is 402 cm³/mol. The Balaban J connectivity index is 0.849. The first-order valence-corrected chi connectivity index (χ1v) is 44.0. The molecule has 2 nitrogen and oxygen atoms in total. The number of hydrogen-bond acceptors (Lipinski definition) is 3. The van der Waals surface area contributed by atoms with Crippen molar-refractivity contribution in [1.82, 2.24) is 9.80 Å². The molecular weight excluding hydrogens is 1140 g/mol. The van der Waals surface area contributed by atoms with Gasteiger partial charge in [0.25, 0.3) is 0 Å². The molecule has 27 atom stereocenters. The molecule has 93 heavy (non-hydrogen) atoms. The number of nitrogens with zero attached hydrogens (tertiary/aromatic N) is 2. The molecule has 12 saturated carbocycles. The second-order valence-corrected chi connectivity index (χ2v) is 47.4. The summed E-state index contributed by atoms with van der Waals surface area (Å²) in [6, 6.07) is 4.92.